The highest BCUT2D eigenvalue weighted by atomic mass is 14.7. The van der Waals surface area contributed by atoms with Gasteiger partial charge in [0.25, 0.3) is 0 Å². The van der Waals surface area contributed by atoms with Crippen LogP contribution in [0.2, 0.25) is 0 Å². The van der Waals surface area contributed by atoms with Gasteiger partial charge in [-0.05, 0) is 122 Å². The van der Waals surface area contributed by atoms with Gasteiger partial charge in [0.15, 0.2) is 0 Å². The molecule has 4 aromatic rings. The predicted octanol–water partition coefficient (Wildman–Crippen LogP) is 8.48. The zero-order valence-corrected chi connectivity index (χ0v) is 20.6. The summed E-state index contributed by atoms with van der Waals surface area (Å²) in [5.74, 6) is 0. The fourth-order valence-electron chi connectivity index (χ4n) is 5.38. The zero-order valence-electron chi connectivity index (χ0n) is 20.6. The summed E-state index contributed by atoms with van der Waals surface area (Å²) in [5, 5.41) is 0. The summed E-state index contributed by atoms with van der Waals surface area (Å²) in [7, 11) is 0. The monoisotopic (exact) mass is 445 g/mol. The van der Waals surface area contributed by atoms with Gasteiger partial charge in [-0.2, -0.15) is 0 Å². The molecule has 1 aromatic heterocycles. The van der Waals surface area contributed by atoms with Crippen LogP contribution in [0.4, 0.5) is 0 Å². The highest BCUT2D eigenvalue weighted by Gasteiger charge is 2.11. The summed E-state index contributed by atoms with van der Waals surface area (Å²) in [6, 6.07) is 27.0. The molecule has 0 unspecified atom stereocenters. The fraction of sp³-hybridized carbons (Fsp3) is 0.303. The molecular formula is C33H35N. The Bertz CT molecular complexity index is 1270. The van der Waals surface area contributed by atoms with Crippen molar-refractivity contribution in [2.45, 2.75) is 65.2 Å². The van der Waals surface area contributed by atoms with Crippen molar-refractivity contribution in [3.8, 4) is 22.4 Å². The standard InChI is InChI=1S/C33H35N/c1-24-25(2)28-12-8-9-13-29-17-16-26(10-6-7-11-27(24)18-19-28)22-32(29)31-20-21-34-33(23-31)30-14-4-3-5-15-30/h3-5,14-23H,6-13H2,1-2H3. The van der Waals surface area contributed by atoms with Crippen LogP contribution in [0.15, 0.2) is 79.0 Å². The first kappa shape index (κ1) is 22.6. The van der Waals surface area contributed by atoms with E-state index in [0.717, 1.165) is 18.5 Å². The lowest BCUT2D eigenvalue weighted by molar-refractivity contribution is 0.718. The number of hydrogen-bond donors (Lipinski definition) is 0. The van der Waals surface area contributed by atoms with Crippen molar-refractivity contribution in [1.82, 2.24) is 4.98 Å². The molecule has 0 amide bonds. The molecule has 3 aromatic carbocycles. The lowest BCUT2D eigenvalue weighted by atomic mass is 9.89. The third-order valence-corrected chi connectivity index (χ3v) is 7.63. The van der Waals surface area contributed by atoms with Crippen LogP contribution in [0.5, 0.6) is 0 Å². The molecule has 172 valence electrons. The smallest absolute Gasteiger partial charge is 0.0708 e. The molecule has 4 bridgehead atoms. The minimum atomic E-state index is 1.05. The molecule has 0 N–H and O–H groups in total. The molecule has 1 heteroatoms. The summed E-state index contributed by atoms with van der Waals surface area (Å²) in [5.41, 5.74) is 13.9. The van der Waals surface area contributed by atoms with Crippen molar-refractivity contribution in [3.05, 3.63) is 112 Å². The molecule has 0 saturated heterocycles. The van der Waals surface area contributed by atoms with Gasteiger partial charge in [-0.1, -0.05) is 60.7 Å². The summed E-state index contributed by atoms with van der Waals surface area (Å²) in [6.07, 6.45) is 11.5. The maximum absolute atomic E-state index is 4.67. The van der Waals surface area contributed by atoms with Crippen LogP contribution in [-0.4, -0.2) is 4.98 Å². The van der Waals surface area contributed by atoms with Gasteiger partial charge in [0, 0.05) is 11.8 Å². The molecule has 4 aliphatic rings. The Hall–Kier alpha value is -3.19. The molecule has 0 atom stereocenters. The van der Waals surface area contributed by atoms with Crippen LogP contribution in [0.3, 0.4) is 0 Å². The second kappa shape index (κ2) is 10.4. The van der Waals surface area contributed by atoms with E-state index in [4.69, 9.17) is 0 Å². The first-order valence-corrected chi connectivity index (χ1v) is 12.9. The largest absolute Gasteiger partial charge is 0.256 e. The van der Waals surface area contributed by atoms with Crippen LogP contribution in [-0.2, 0) is 25.7 Å². The third-order valence-electron chi connectivity index (χ3n) is 7.63. The SMILES string of the molecule is Cc1c2ccc(c1C)CCCCc1ccc(cc1-c1ccnc(-c3ccccc3)c1)CCCC2. The van der Waals surface area contributed by atoms with Crippen molar-refractivity contribution in [2.24, 2.45) is 0 Å². The summed E-state index contributed by atoms with van der Waals surface area (Å²) in [4.78, 5) is 4.67. The van der Waals surface area contributed by atoms with E-state index in [9.17, 15) is 0 Å². The molecule has 0 spiro atoms. The zero-order chi connectivity index (χ0) is 23.3. The molecule has 34 heavy (non-hydrogen) atoms. The van der Waals surface area contributed by atoms with Gasteiger partial charge in [-0.15, -0.1) is 0 Å². The molecule has 0 radical (unpaired) electrons. The van der Waals surface area contributed by atoms with Gasteiger partial charge in [-0.3, -0.25) is 4.98 Å². The second-order valence-corrected chi connectivity index (χ2v) is 9.84. The highest BCUT2D eigenvalue weighted by molar-refractivity contribution is 5.73. The number of aromatic nitrogens is 1. The van der Waals surface area contributed by atoms with Gasteiger partial charge in [-0.25, -0.2) is 0 Å². The third kappa shape index (κ3) is 4.99. The van der Waals surface area contributed by atoms with E-state index >= 15 is 0 Å². The lowest BCUT2D eigenvalue weighted by Gasteiger charge is -2.16. The maximum atomic E-state index is 4.67. The second-order valence-electron chi connectivity index (χ2n) is 9.84. The van der Waals surface area contributed by atoms with Crippen LogP contribution in [0, 0.1) is 13.8 Å². The first-order valence-electron chi connectivity index (χ1n) is 12.9. The van der Waals surface area contributed by atoms with E-state index < -0.39 is 0 Å². The average molecular weight is 446 g/mol. The average Bonchev–Trinajstić information content (AvgIpc) is 2.88. The molecule has 8 rings (SSSR count). The molecule has 0 aliphatic heterocycles. The summed E-state index contributed by atoms with van der Waals surface area (Å²) < 4.78 is 0. The van der Waals surface area contributed by atoms with Gasteiger partial charge < -0.3 is 0 Å². The Morgan fingerprint density at radius 1 is 0.559 bits per heavy atom. The van der Waals surface area contributed by atoms with E-state index in [1.54, 1.807) is 0 Å². The maximum Gasteiger partial charge on any atom is 0.0708 e. The number of rotatable bonds is 2. The Labute approximate surface area is 204 Å². The molecule has 4 aliphatic carbocycles. The number of nitrogens with zero attached hydrogens (tertiary/aromatic N) is 1. The first-order chi connectivity index (χ1) is 16.7. The highest BCUT2D eigenvalue weighted by Crippen LogP contribution is 2.30. The van der Waals surface area contributed by atoms with E-state index in [0.29, 0.717) is 0 Å². The van der Waals surface area contributed by atoms with Gasteiger partial charge in [0.05, 0.1) is 5.69 Å². The number of aryl methyl sites for hydroxylation is 4. The van der Waals surface area contributed by atoms with Crippen molar-refractivity contribution in [2.75, 3.05) is 0 Å². The fourth-order valence-corrected chi connectivity index (χ4v) is 5.38. The minimum Gasteiger partial charge on any atom is -0.256 e. The van der Waals surface area contributed by atoms with Crippen molar-refractivity contribution in [1.29, 1.82) is 0 Å². The predicted molar refractivity (Wildman–Crippen MR) is 144 cm³/mol. The van der Waals surface area contributed by atoms with Crippen LogP contribution >= 0.6 is 0 Å². The number of pyridine rings is 1. The lowest BCUT2D eigenvalue weighted by Crippen LogP contribution is -2.01. The van der Waals surface area contributed by atoms with Crippen molar-refractivity contribution >= 4 is 0 Å². The Balaban J connectivity index is 1.46. The van der Waals surface area contributed by atoms with E-state index in [1.165, 1.54) is 88.6 Å². The topological polar surface area (TPSA) is 12.9 Å². The Morgan fingerprint density at radius 3 is 1.88 bits per heavy atom. The van der Waals surface area contributed by atoms with Gasteiger partial charge >= 0.3 is 0 Å². The number of benzene rings is 3. The minimum absolute atomic E-state index is 1.05. The van der Waals surface area contributed by atoms with Gasteiger partial charge in [0.2, 0.25) is 0 Å². The Kier molecular flexibility index (Phi) is 6.90. The summed E-state index contributed by atoms with van der Waals surface area (Å²) >= 11 is 0. The van der Waals surface area contributed by atoms with Crippen molar-refractivity contribution in [3.63, 3.8) is 0 Å². The molecule has 1 nitrogen and oxygen atoms in total. The molecular weight excluding hydrogens is 410 g/mol. The van der Waals surface area contributed by atoms with Crippen LogP contribution in [0.25, 0.3) is 22.4 Å². The quantitative estimate of drug-likeness (QED) is 0.301. The Morgan fingerprint density at radius 2 is 1.18 bits per heavy atom. The van der Waals surface area contributed by atoms with E-state index in [-0.39, 0.29) is 0 Å². The molecule has 0 saturated carbocycles. The number of hydrogen-bond acceptors (Lipinski definition) is 1. The van der Waals surface area contributed by atoms with Crippen LogP contribution < -0.4 is 0 Å². The molecule has 1 heterocycles. The van der Waals surface area contributed by atoms with Crippen LogP contribution in [0.1, 0.15) is 59.1 Å². The van der Waals surface area contributed by atoms with Gasteiger partial charge in [0.1, 0.15) is 0 Å². The van der Waals surface area contributed by atoms with E-state index in [1.807, 2.05) is 6.20 Å². The van der Waals surface area contributed by atoms with E-state index in [2.05, 4.69) is 91.6 Å². The van der Waals surface area contributed by atoms with Crippen molar-refractivity contribution < 1.29 is 0 Å². The molecule has 0 fully saturated rings. The summed E-state index contributed by atoms with van der Waals surface area (Å²) in [6.45, 7) is 4.64. The normalized spacial score (nSPS) is 14.4.